The number of carbonyl (C=O) groups is 1. The van der Waals surface area contributed by atoms with Gasteiger partial charge in [-0.2, -0.15) is 0 Å². The number of nitrogens with zero attached hydrogens (tertiary/aromatic N) is 4. The summed E-state index contributed by atoms with van der Waals surface area (Å²) in [5.41, 5.74) is 1.85. The number of methoxy groups -OCH3 is 2. The zero-order chi connectivity index (χ0) is 27.4. The minimum atomic E-state index is -3.93. The van der Waals surface area contributed by atoms with E-state index in [9.17, 15) is 13.2 Å². The first kappa shape index (κ1) is 26.5. The highest BCUT2D eigenvalue weighted by Crippen LogP contribution is 2.37. The number of pyridine rings is 1. The summed E-state index contributed by atoms with van der Waals surface area (Å²) in [5.74, 6) is 1.12. The van der Waals surface area contributed by atoms with Crippen molar-refractivity contribution in [1.82, 2.24) is 15.0 Å². The Hall–Kier alpha value is -4.07. The number of nitrogens with one attached hydrogen (secondary N) is 1. The third kappa shape index (κ3) is 6.00. The number of ether oxygens (including phenoxy) is 3. The van der Waals surface area contributed by atoms with E-state index in [0.29, 0.717) is 65.5 Å². The molecule has 4 aromatic rings. The van der Waals surface area contributed by atoms with E-state index in [1.165, 1.54) is 42.7 Å². The Kier molecular flexibility index (Phi) is 7.72. The molecule has 5 rings (SSSR count). The van der Waals surface area contributed by atoms with Gasteiger partial charge in [-0.1, -0.05) is 12.1 Å². The monoisotopic (exact) mass is 567 g/mol. The summed E-state index contributed by atoms with van der Waals surface area (Å²) in [4.78, 5) is 27.4. The van der Waals surface area contributed by atoms with E-state index in [2.05, 4.69) is 19.3 Å². The van der Waals surface area contributed by atoms with Crippen LogP contribution < -0.4 is 14.4 Å². The first-order chi connectivity index (χ1) is 18.9. The summed E-state index contributed by atoms with van der Waals surface area (Å²) in [6.07, 6.45) is 4.36. The molecule has 4 heterocycles. The molecular weight excluding hydrogens is 542 g/mol. The van der Waals surface area contributed by atoms with Crippen LogP contribution in [0.1, 0.15) is 5.56 Å². The molecule has 0 atom stereocenters. The maximum atomic E-state index is 13.3. The van der Waals surface area contributed by atoms with Crippen molar-refractivity contribution in [1.29, 1.82) is 0 Å². The Labute approximate surface area is 229 Å². The van der Waals surface area contributed by atoms with Crippen LogP contribution in [0.25, 0.3) is 27.7 Å². The van der Waals surface area contributed by atoms with Gasteiger partial charge in [0, 0.05) is 37.0 Å². The number of fused-ring (bicyclic) bond motifs is 1. The molecule has 1 fully saturated rings. The molecule has 13 heteroatoms. The number of sulfonamides is 1. The molecule has 0 radical (unpaired) electrons. The van der Waals surface area contributed by atoms with Crippen LogP contribution in [-0.4, -0.2) is 69.9 Å². The predicted octanol–water partition coefficient (Wildman–Crippen LogP) is 3.59. The molecule has 1 aromatic carbocycles. The van der Waals surface area contributed by atoms with E-state index in [4.69, 9.17) is 19.4 Å². The fourth-order valence-corrected chi connectivity index (χ4v) is 6.28. The second-order valence-electron chi connectivity index (χ2n) is 8.42. The molecular formula is C26H25N5O6S2. The van der Waals surface area contributed by atoms with E-state index >= 15 is 0 Å². The van der Waals surface area contributed by atoms with Crippen molar-refractivity contribution < 1.29 is 27.4 Å². The number of hydrogen-bond donors (Lipinski definition) is 1. The summed E-state index contributed by atoms with van der Waals surface area (Å²) in [7, 11) is -1.11. The quantitative estimate of drug-likeness (QED) is 0.249. The number of benzene rings is 1. The van der Waals surface area contributed by atoms with Crippen molar-refractivity contribution in [2.75, 3.05) is 50.1 Å². The first-order valence-corrected chi connectivity index (χ1v) is 14.2. The summed E-state index contributed by atoms with van der Waals surface area (Å²) in [6.45, 7) is 2.43. The lowest BCUT2D eigenvalue weighted by atomic mass is 10.2. The van der Waals surface area contributed by atoms with Crippen LogP contribution in [0.5, 0.6) is 5.88 Å². The fraction of sp³-hybridized carbons (Fsp3) is 0.231. The SMILES string of the molecule is COC(=O)/C=C/c1cccc(S(=O)(=O)Nc2cc3nc(-c4ccc(OC)nc4)nc(N4CCOCC4)c3s2)c1. The van der Waals surface area contributed by atoms with Gasteiger partial charge in [0.1, 0.15) is 5.00 Å². The molecule has 1 saturated heterocycles. The van der Waals surface area contributed by atoms with Gasteiger partial charge in [0.05, 0.1) is 42.5 Å². The minimum Gasteiger partial charge on any atom is -0.481 e. The van der Waals surface area contributed by atoms with Crippen LogP contribution in [0.15, 0.2) is 59.6 Å². The van der Waals surface area contributed by atoms with Crippen LogP contribution in [0, 0.1) is 0 Å². The van der Waals surface area contributed by atoms with Crippen molar-refractivity contribution in [3.05, 3.63) is 60.3 Å². The average molecular weight is 568 g/mol. The number of morpholine rings is 1. The third-order valence-electron chi connectivity index (χ3n) is 5.88. The smallest absolute Gasteiger partial charge is 0.330 e. The normalized spacial score (nSPS) is 14.1. The summed E-state index contributed by atoms with van der Waals surface area (Å²) >= 11 is 1.26. The minimum absolute atomic E-state index is 0.0523. The second kappa shape index (κ2) is 11.4. The Bertz CT molecular complexity index is 1630. The Morgan fingerprint density at radius 2 is 1.95 bits per heavy atom. The topological polar surface area (TPSA) is 133 Å². The number of aromatic nitrogens is 3. The molecule has 1 aliphatic heterocycles. The van der Waals surface area contributed by atoms with Gasteiger partial charge in [-0.15, -0.1) is 11.3 Å². The lowest BCUT2D eigenvalue weighted by Crippen LogP contribution is -2.36. The van der Waals surface area contributed by atoms with Gasteiger partial charge in [-0.3, -0.25) is 4.72 Å². The first-order valence-electron chi connectivity index (χ1n) is 11.9. The van der Waals surface area contributed by atoms with E-state index in [-0.39, 0.29) is 4.90 Å². The van der Waals surface area contributed by atoms with Gasteiger partial charge in [-0.25, -0.2) is 28.2 Å². The fourth-order valence-electron chi connectivity index (χ4n) is 3.93. The molecule has 0 aliphatic carbocycles. The molecule has 0 spiro atoms. The summed E-state index contributed by atoms with van der Waals surface area (Å²) in [6, 6.07) is 11.5. The molecule has 0 saturated carbocycles. The van der Waals surface area contributed by atoms with Crippen LogP contribution >= 0.6 is 11.3 Å². The Morgan fingerprint density at radius 3 is 2.67 bits per heavy atom. The molecule has 0 unspecified atom stereocenters. The molecule has 11 nitrogen and oxygen atoms in total. The molecule has 0 amide bonds. The maximum Gasteiger partial charge on any atom is 0.330 e. The molecule has 0 bridgehead atoms. The molecule has 202 valence electrons. The van der Waals surface area contributed by atoms with Crippen molar-refractivity contribution in [3.8, 4) is 17.3 Å². The number of anilines is 2. The van der Waals surface area contributed by atoms with Gasteiger partial charge >= 0.3 is 5.97 Å². The van der Waals surface area contributed by atoms with Gasteiger partial charge in [0.25, 0.3) is 10.0 Å². The third-order valence-corrected chi connectivity index (χ3v) is 8.41. The maximum absolute atomic E-state index is 13.3. The van der Waals surface area contributed by atoms with Crippen LogP contribution in [-0.2, 0) is 24.3 Å². The highest BCUT2D eigenvalue weighted by Gasteiger charge is 2.22. The zero-order valence-electron chi connectivity index (χ0n) is 21.2. The molecule has 39 heavy (non-hydrogen) atoms. The second-order valence-corrected chi connectivity index (χ2v) is 11.2. The molecule has 1 N–H and O–H groups in total. The highest BCUT2D eigenvalue weighted by molar-refractivity contribution is 7.93. The lowest BCUT2D eigenvalue weighted by Gasteiger charge is -2.28. The van der Waals surface area contributed by atoms with Gasteiger partial charge in [0.2, 0.25) is 5.88 Å². The van der Waals surface area contributed by atoms with Gasteiger partial charge in [0.15, 0.2) is 11.6 Å². The van der Waals surface area contributed by atoms with E-state index in [1.807, 2.05) is 6.07 Å². The molecule has 3 aromatic heterocycles. The van der Waals surface area contributed by atoms with E-state index in [1.54, 1.807) is 37.6 Å². The average Bonchev–Trinajstić information content (AvgIpc) is 3.37. The van der Waals surface area contributed by atoms with Crippen LogP contribution in [0.2, 0.25) is 0 Å². The summed E-state index contributed by atoms with van der Waals surface area (Å²) < 4.78 is 45.2. The number of hydrogen-bond acceptors (Lipinski definition) is 11. The van der Waals surface area contributed by atoms with Crippen molar-refractivity contribution in [2.24, 2.45) is 0 Å². The van der Waals surface area contributed by atoms with Crippen molar-refractivity contribution in [3.63, 3.8) is 0 Å². The lowest BCUT2D eigenvalue weighted by molar-refractivity contribution is -0.134. The number of carbonyl (C=O) groups excluding carboxylic acids is 1. The molecule has 1 aliphatic rings. The van der Waals surface area contributed by atoms with E-state index < -0.39 is 16.0 Å². The number of esters is 1. The zero-order valence-corrected chi connectivity index (χ0v) is 22.8. The Balaban J connectivity index is 1.50. The van der Waals surface area contributed by atoms with E-state index in [0.717, 1.165) is 4.70 Å². The largest absolute Gasteiger partial charge is 0.481 e. The van der Waals surface area contributed by atoms with Crippen molar-refractivity contribution in [2.45, 2.75) is 4.90 Å². The van der Waals surface area contributed by atoms with Gasteiger partial charge < -0.3 is 19.1 Å². The van der Waals surface area contributed by atoms with Crippen LogP contribution in [0.3, 0.4) is 0 Å². The summed E-state index contributed by atoms with van der Waals surface area (Å²) in [5, 5.41) is 0.398. The van der Waals surface area contributed by atoms with Crippen molar-refractivity contribution >= 4 is 54.4 Å². The Morgan fingerprint density at radius 1 is 1.13 bits per heavy atom. The predicted molar refractivity (Wildman–Crippen MR) is 149 cm³/mol. The van der Waals surface area contributed by atoms with Gasteiger partial charge in [-0.05, 0) is 35.9 Å². The number of thiophene rings is 1. The number of rotatable bonds is 8. The standard InChI is InChI=1S/C26H25N5O6S2/c1-35-21-8-7-18(16-27-21)25-28-20-15-22(38-24(20)26(29-25)31-10-12-37-13-11-31)30-39(33,34)19-5-3-4-17(14-19)6-9-23(32)36-2/h3-9,14-16,30H,10-13H2,1-2H3/b9-6+. The highest BCUT2D eigenvalue weighted by atomic mass is 32.2. The van der Waals surface area contributed by atoms with Crippen LogP contribution in [0.4, 0.5) is 10.8 Å².